The van der Waals surface area contributed by atoms with E-state index in [1.807, 2.05) is 5.38 Å². The number of amides is 1. The van der Waals surface area contributed by atoms with E-state index >= 15 is 0 Å². The number of thiazole rings is 1. The zero-order chi connectivity index (χ0) is 18.7. The van der Waals surface area contributed by atoms with Crippen LogP contribution in [-0.2, 0) is 10.5 Å². The van der Waals surface area contributed by atoms with Gasteiger partial charge in [-0.3, -0.25) is 9.69 Å². The number of hydrogen-bond donors (Lipinski definition) is 0. The molecule has 0 radical (unpaired) electrons. The molecule has 3 nitrogen and oxygen atoms in total. The highest BCUT2D eigenvalue weighted by Crippen LogP contribution is 2.32. The first-order valence-corrected chi connectivity index (χ1v) is 9.77. The van der Waals surface area contributed by atoms with Crippen molar-refractivity contribution in [3.8, 4) is 0 Å². The van der Waals surface area contributed by atoms with Crippen LogP contribution in [0.15, 0.2) is 52.7 Å². The standard InChI is InChI=1S/C18H13ClF2N2OS2/c1-11(24)23(14-4-2-3-12(19)7-14)18-22-13(10-26-18)9-25-15-5-6-16(20)17(21)8-15/h2-8,10H,9H2,1H3. The molecule has 1 aromatic heterocycles. The molecule has 0 N–H and O–H groups in total. The largest absolute Gasteiger partial charge is 0.274 e. The van der Waals surface area contributed by atoms with Gasteiger partial charge in [-0.2, -0.15) is 0 Å². The van der Waals surface area contributed by atoms with Gasteiger partial charge in [0, 0.05) is 28.0 Å². The van der Waals surface area contributed by atoms with Crippen LogP contribution in [0.3, 0.4) is 0 Å². The lowest BCUT2D eigenvalue weighted by Crippen LogP contribution is -2.22. The van der Waals surface area contributed by atoms with Crippen molar-refractivity contribution in [3.05, 3.63) is 70.2 Å². The molecule has 0 saturated carbocycles. The van der Waals surface area contributed by atoms with Crippen molar-refractivity contribution >= 4 is 51.4 Å². The Bertz CT molecular complexity index is 948. The Balaban J connectivity index is 1.77. The van der Waals surface area contributed by atoms with Crippen LogP contribution < -0.4 is 4.90 Å². The third kappa shape index (κ3) is 4.41. The van der Waals surface area contributed by atoms with Gasteiger partial charge in [0.1, 0.15) is 0 Å². The Morgan fingerprint density at radius 2 is 2.04 bits per heavy atom. The van der Waals surface area contributed by atoms with Gasteiger partial charge in [0.05, 0.1) is 11.4 Å². The highest BCUT2D eigenvalue weighted by molar-refractivity contribution is 7.98. The molecular formula is C18H13ClF2N2OS2. The third-order valence-electron chi connectivity index (χ3n) is 3.39. The van der Waals surface area contributed by atoms with E-state index in [2.05, 4.69) is 4.98 Å². The second-order valence-electron chi connectivity index (χ2n) is 5.32. The second kappa shape index (κ2) is 8.16. The first-order valence-electron chi connectivity index (χ1n) is 7.52. The van der Waals surface area contributed by atoms with Crippen LogP contribution in [-0.4, -0.2) is 10.9 Å². The van der Waals surface area contributed by atoms with E-state index in [1.165, 1.54) is 41.0 Å². The normalized spacial score (nSPS) is 10.8. The maximum atomic E-state index is 13.3. The van der Waals surface area contributed by atoms with Crippen LogP contribution >= 0.6 is 34.7 Å². The van der Waals surface area contributed by atoms with Crippen LogP contribution in [0.1, 0.15) is 12.6 Å². The number of carbonyl (C=O) groups excluding carboxylic acids is 1. The minimum atomic E-state index is -0.877. The quantitative estimate of drug-likeness (QED) is 0.480. The molecule has 0 bridgehead atoms. The van der Waals surface area contributed by atoms with Gasteiger partial charge < -0.3 is 0 Å². The monoisotopic (exact) mass is 410 g/mol. The van der Waals surface area contributed by atoms with Crippen LogP contribution in [0, 0.1) is 11.6 Å². The molecule has 3 aromatic rings. The van der Waals surface area contributed by atoms with Crippen LogP contribution in [0.25, 0.3) is 0 Å². The summed E-state index contributed by atoms with van der Waals surface area (Å²) in [6.07, 6.45) is 0. The predicted molar refractivity (Wildman–Crippen MR) is 102 cm³/mol. The second-order valence-corrected chi connectivity index (χ2v) is 7.64. The van der Waals surface area contributed by atoms with E-state index in [1.54, 1.807) is 24.3 Å². The molecule has 8 heteroatoms. The smallest absolute Gasteiger partial charge is 0.230 e. The summed E-state index contributed by atoms with van der Waals surface area (Å²) in [5.74, 6) is -1.45. The summed E-state index contributed by atoms with van der Waals surface area (Å²) in [5, 5.41) is 2.89. The molecule has 0 aliphatic heterocycles. The van der Waals surface area contributed by atoms with E-state index in [9.17, 15) is 13.6 Å². The first-order chi connectivity index (χ1) is 12.4. The highest BCUT2D eigenvalue weighted by Gasteiger charge is 2.18. The Kier molecular flexibility index (Phi) is 5.90. The lowest BCUT2D eigenvalue weighted by atomic mass is 10.3. The molecule has 3 rings (SSSR count). The Labute approximate surface area is 162 Å². The number of halogens is 3. The molecule has 1 heterocycles. The summed E-state index contributed by atoms with van der Waals surface area (Å²) in [6, 6.07) is 10.7. The van der Waals surface area contributed by atoms with E-state index in [0.717, 1.165) is 17.8 Å². The van der Waals surface area contributed by atoms with E-state index in [-0.39, 0.29) is 5.91 Å². The number of carbonyl (C=O) groups is 1. The Morgan fingerprint density at radius 3 is 2.73 bits per heavy atom. The molecule has 0 saturated heterocycles. The third-order valence-corrected chi connectivity index (χ3v) is 5.53. The molecule has 2 aromatic carbocycles. The summed E-state index contributed by atoms with van der Waals surface area (Å²) in [5.41, 5.74) is 1.38. The van der Waals surface area contributed by atoms with Gasteiger partial charge in [-0.15, -0.1) is 23.1 Å². The minimum Gasteiger partial charge on any atom is -0.274 e. The molecule has 0 spiro atoms. The van der Waals surface area contributed by atoms with Crippen molar-refractivity contribution in [1.29, 1.82) is 0 Å². The lowest BCUT2D eigenvalue weighted by Gasteiger charge is -2.18. The lowest BCUT2D eigenvalue weighted by molar-refractivity contribution is -0.115. The fourth-order valence-corrected chi connectivity index (χ4v) is 4.22. The molecule has 0 unspecified atom stereocenters. The zero-order valence-electron chi connectivity index (χ0n) is 13.6. The molecule has 0 fully saturated rings. The first kappa shape index (κ1) is 18.8. The summed E-state index contributed by atoms with van der Waals surface area (Å²) in [7, 11) is 0. The van der Waals surface area contributed by atoms with Crippen molar-refractivity contribution in [3.63, 3.8) is 0 Å². The molecule has 0 aliphatic carbocycles. The van der Waals surface area contributed by atoms with Crippen molar-refractivity contribution in [2.24, 2.45) is 0 Å². The van der Waals surface area contributed by atoms with Crippen LogP contribution in [0.4, 0.5) is 19.6 Å². The number of aromatic nitrogens is 1. The van der Waals surface area contributed by atoms with E-state index in [4.69, 9.17) is 11.6 Å². The summed E-state index contributed by atoms with van der Waals surface area (Å²) < 4.78 is 26.2. The average Bonchev–Trinajstić information content (AvgIpc) is 3.04. The number of hydrogen-bond acceptors (Lipinski definition) is 4. The van der Waals surface area contributed by atoms with Gasteiger partial charge in [0.15, 0.2) is 16.8 Å². The van der Waals surface area contributed by atoms with Gasteiger partial charge in [0.2, 0.25) is 5.91 Å². The number of benzene rings is 2. The van der Waals surface area contributed by atoms with Gasteiger partial charge >= 0.3 is 0 Å². The van der Waals surface area contributed by atoms with Gasteiger partial charge in [-0.25, -0.2) is 13.8 Å². The van der Waals surface area contributed by atoms with E-state index in [0.29, 0.717) is 26.5 Å². The van der Waals surface area contributed by atoms with Crippen molar-refractivity contribution < 1.29 is 13.6 Å². The fourth-order valence-electron chi connectivity index (χ4n) is 2.23. The molecule has 0 aliphatic rings. The van der Waals surface area contributed by atoms with Gasteiger partial charge in [-0.1, -0.05) is 17.7 Å². The van der Waals surface area contributed by atoms with Gasteiger partial charge in [-0.05, 0) is 36.4 Å². The van der Waals surface area contributed by atoms with Gasteiger partial charge in [0.25, 0.3) is 0 Å². The van der Waals surface area contributed by atoms with Crippen LogP contribution in [0.2, 0.25) is 5.02 Å². The van der Waals surface area contributed by atoms with Crippen molar-refractivity contribution in [2.45, 2.75) is 17.6 Å². The SMILES string of the molecule is CC(=O)N(c1cccc(Cl)c1)c1nc(CSc2ccc(F)c(F)c2)cs1. The van der Waals surface area contributed by atoms with Crippen molar-refractivity contribution in [1.82, 2.24) is 4.98 Å². The number of nitrogens with zero attached hydrogens (tertiary/aromatic N) is 2. The summed E-state index contributed by atoms with van der Waals surface area (Å²) in [4.78, 5) is 18.7. The van der Waals surface area contributed by atoms with Crippen LogP contribution in [0.5, 0.6) is 0 Å². The number of anilines is 2. The predicted octanol–water partition coefficient (Wildman–Crippen LogP) is 6.05. The topological polar surface area (TPSA) is 33.2 Å². The molecule has 0 atom stereocenters. The summed E-state index contributed by atoms with van der Waals surface area (Å²) in [6.45, 7) is 1.46. The number of thioether (sulfide) groups is 1. The minimum absolute atomic E-state index is 0.179. The Hall–Kier alpha value is -1.96. The number of rotatable bonds is 5. The average molecular weight is 411 g/mol. The highest BCUT2D eigenvalue weighted by atomic mass is 35.5. The molecule has 26 heavy (non-hydrogen) atoms. The molecule has 134 valence electrons. The molecule has 1 amide bonds. The zero-order valence-corrected chi connectivity index (χ0v) is 16.0. The molecular weight excluding hydrogens is 398 g/mol. The van der Waals surface area contributed by atoms with Crippen molar-refractivity contribution in [2.75, 3.05) is 4.90 Å². The summed E-state index contributed by atoms with van der Waals surface area (Å²) >= 11 is 8.68. The van der Waals surface area contributed by atoms with E-state index < -0.39 is 11.6 Å². The maximum absolute atomic E-state index is 13.3. The Morgan fingerprint density at radius 1 is 1.23 bits per heavy atom. The fraction of sp³-hybridized carbons (Fsp3) is 0.111. The maximum Gasteiger partial charge on any atom is 0.230 e.